The Labute approximate surface area is 181 Å². The third kappa shape index (κ3) is 21.9. The molecule has 0 bridgehead atoms. The van der Waals surface area contributed by atoms with Gasteiger partial charge in [-0.05, 0) is 25.2 Å². The number of hydrogen-bond donors (Lipinski definition) is 0. The summed E-state index contributed by atoms with van der Waals surface area (Å²) in [6, 6.07) is 0. The largest absolute Gasteiger partial charge is 0.465 e. The van der Waals surface area contributed by atoms with E-state index < -0.39 is 0 Å². The lowest BCUT2D eigenvalue weighted by atomic mass is 10.0. The Morgan fingerprint density at radius 2 is 1.21 bits per heavy atom. The Balaban J connectivity index is 3.25. The Hall–Kier alpha value is -0.610. The summed E-state index contributed by atoms with van der Waals surface area (Å²) < 4.78 is 16.6. The Morgan fingerprint density at radius 3 is 1.79 bits per heavy atom. The number of esters is 1. The topological polar surface area (TPSA) is 44.8 Å². The fourth-order valence-corrected chi connectivity index (χ4v) is 3.34. The van der Waals surface area contributed by atoms with Crippen molar-refractivity contribution in [2.75, 3.05) is 33.0 Å². The molecule has 0 rings (SSSR count). The maximum absolute atomic E-state index is 11.8. The molecule has 1 atom stereocenters. The van der Waals surface area contributed by atoms with Gasteiger partial charge in [0.1, 0.15) is 0 Å². The third-order valence-electron chi connectivity index (χ3n) is 5.46. The van der Waals surface area contributed by atoms with Crippen molar-refractivity contribution in [3.05, 3.63) is 0 Å². The first kappa shape index (κ1) is 28.4. The predicted molar refractivity (Wildman–Crippen MR) is 122 cm³/mol. The van der Waals surface area contributed by atoms with Gasteiger partial charge in [0, 0.05) is 19.6 Å². The van der Waals surface area contributed by atoms with Crippen LogP contribution < -0.4 is 0 Å². The quantitative estimate of drug-likeness (QED) is 0.132. The molecule has 0 aromatic heterocycles. The third-order valence-corrected chi connectivity index (χ3v) is 5.46. The molecule has 4 heteroatoms. The van der Waals surface area contributed by atoms with Gasteiger partial charge in [0.25, 0.3) is 0 Å². The van der Waals surface area contributed by atoms with Crippen molar-refractivity contribution in [1.82, 2.24) is 0 Å². The standard InChI is InChI=1S/C25H50O4/c1-4-7-9-10-11-12-13-14-15-19-27-21-22-28-20-16-18-25(26)29-23-24(6-3)17-8-5-2/h24H,4-23H2,1-3H3. The van der Waals surface area contributed by atoms with Crippen molar-refractivity contribution in [3.8, 4) is 0 Å². The minimum Gasteiger partial charge on any atom is -0.465 e. The molecule has 0 fully saturated rings. The first-order valence-corrected chi connectivity index (χ1v) is 12.6. The maximum atomic E-state index is 11.8. The minimum absolute atomic E-state index is 0.0924. The van der Waals surface area contributed by atoms with Crippen molar-refractivity contribution >= 4 is 5.97 Å². The van der Waals surface area contributed by atoms with Gasteiger partial charge in [-0.1, -0.05) is 91.4 Å². The number of carbonyl (C=O) groups excluding carboxylic acids is 1. The van der Waals surface area contributed by atoms with E-state index in [-0.39, 0.29) is 5.97 Å². The molecule has 0 heterocycles. The van der Waals surface area contributed by atoms with Crippen molar-refractivity contribution in [2.45, 2.75) is 117 Å². The van der Waals surface area contributed by atoms with Crippen LogP contribution in [0.25, 0.3) is 0 Å². The first-order chi connectivity index (χ1) is 14.2. The van der Waals surface area contributed by atoms with Crippen LogP contribution in [-0.2, 0) is 19.0 Å². The molecule has 0 saturated carbocycles. The average molecular weight is 415 g/mol. The number of carbonyl (C=O) groups is 1. The molecule has 0 aromatic rings. The zero-order valence-electron chi connectivity index (χ0n) is 19.9. The minimum atomic E-state index is -0.0924. The average Bonchev–Trinajstić information content (AvgIpc) is 2.73. The normalized spacial score (nSPS) is 12.2. The van der Waals surface area contributed by atoms with E-state index in [2.05, 4.69) is 20.8 Å². The number of unbranched alkanes of at least 4 members (excludes halogenated alkanes) is 9. The van der Waals surface area contributed by atoms with Crippen LogP contribution in [-0.4, -0.2) is 39.0 Å². The van der Waals surface area contributed by atoms with E-state index in [4.69, 9.17) is 14.2 Å². The van der Waals surface area contributed by atoms with Crippen molar-refractivity contribution in [3.63, 3.8) is 0 Å². The SMILES string of the molecule is CCCCCCCCCCCOCCOCCCC(=O)OCC(CC)CCCC. The molecule has 0 saturated heterocycles. The van der Waals surface area contributed by atoms with E-state index in [0.717, 1.165) is 32.3 Å². The van der Waals surface area contributed by atoms with Crippen molar-refractivity contribution in [2.24, 2.45) is 5.92 Å². The number of ether oxygens (including phenoxy) is 3. The smallest absolute Gasteiger partial charge is 0.305 e. The lowest BCUT2D eigenvalue weighted by molar-refractivity contribution is -0.145. The summed E-state index contributed by atoms with van der Waals surface area (Å²) in [5, 5.41) is 0. The van der Waals surface area contributed by atoms with E-state index in [1.807, 2.05) is 0 Å². The molecule has 4 nitrogen and oxygen atoms in total. The van der Waals surface area contributed by atoms with Crippen LogP contribution in [0.1, 0.15) is 117 Å². The fourth-order valence-electron chi connectivity index (χ4n) is 3.34. The van der Waals surface area contributed by atoms with E-state index in [1.165, 1.54) is 64.2 Å². The predicted octanol–water partition coefficient (Wildman–Crippen LogP) is 7.09. The molecule has 174 valence electrons. The fraction of sp³-hybridized carbons (Fsp3) is 0.960. The molecule has 0 aliphatic carbocycles. The molecule has 0 N–H and O–H groups in total. The number of rotatable bonds is 23. The summed E-state index contributed by atoms with van der Waals surface area (Å²) in [6.07, 6.45) is 17.8. The molecular formula is C25H50O4. The molecule has 0 aliphatic rings. The Morgan fingerprint density at radius 1 is 0.655 bits per heavy atom. The lowest BCUT2D eigenvalue weighted by Gasteiger charge is -2.14. The molecular weight excluding hydrogens is 364 g/mol. The van der Waals surface area contributed by atoms with Crippen LogP contribution in [0.3, 0.4) is 0 Å². The molecule has 0 radical (unpaired) electrons. The second-order valence-electron chi connectivity index (χ2n) is 8.26. The lowest BCUT2D eigenvalue weighted by Crippen LogP contribution is -2.14. The van der Waals surface area contributed by atoms with Crippen LogP contribution in [0.4, 0.5) is 0 Å². The van der Waals surface area contributed by atoms with Crippen molar-refractivity contribution in [1.29, 1.82) is 0 Å². The monoisotopic (exact) mass is 414 g/mol. The summed E-state index contributed by atoms with van der Waals surface area (Å²) in [5.41, 5.74) is 0. The molecule has 0 aromatic carbocycles. The van der Waals surface area contributed by atoms with Gasteiger partial charge in [-0.3, -0.25) is 4.79 Å². The van der Waals surface area contributed by atoms with Gasteiger partial charge >= 0.3 is 5.97 Å². The van der Waals surface area contributed by atoms with Crippen molar-refractivity contribution < 1.29 is 19.0 Å². The Kier molecular flexibility index (Phi) is 23.2. The van der Waals surface area contributed by atoms with Gasteiger partial charge in [0.15, 0.2) is 0 Å². The summed E-state index contributed by atoms with van der Waals surface area (Å²) in [7, 11) is 0. The van der Waals surface area contributed by atoms with Crippen LogP contribution in [0.2, 0.25) is 0 Å². The second-order valence-corrected chi connectivity index (χ2v) is 8.26. The second kappa shape index (κ2) is 23.7. The highest BCUT2D eigenvalue weighted by atomic mass is 16.5. The molecule has 0 amide bonds. The maximum Gasteiger partial charge on any atom is 0.305 e. The van der Waals surface area contributed by atoms with Gasteiger partial charge in [-0.15, -0.1) is 0 Å². The van der Waals surface area contributed by atoms with Gasteiger partial charge in [0.05, 0.1) is 19.8 Å². The summed E-state index contributed by atoms with van der Waals surface area (Å²) >= 11 is 0. The van der Waals surface area contributed by atoms with E-state index in [0.29, 0.717) is 38.8 Å². The summed E-state index contributed by atoms with van der Waals surface area (Å²) in [4.78, 5) is 11.8. The van der Waals surface area contributed by atoms with Crippen LogP contribution in [0, 0.1) is 5.92 Å². The zero-order chi connectivity index (χ0) is 21.4. The van der Waals surface area contributed by atoms with E-state index in [9.17, 15) is 4.79 Å². The van der Waals surface area contributed by atoms with E-state index in [1.54, 1.807) is 0 Å². The van der Waals surface area contributed by atoms with Gasteiger partial charge in [-0.25, -0.2) is 0 Å². The van der Waals surface area contributed by atoms with Crippen LogP contribution in [0.5, 0.6) is 0 Å². The first-order valence-electron chi connectivity index (χ1n) is 12.6. The van der Waals surface area contributed by atoms with Gasteiger partial charge in [-0.2, -0.15) is 0 Å². The van der Waals surface area contributed by atoms with E-state index >= 15 is 0 Å². The Bertz CT molecular complexity index is 333. The molecule has 29 heavy (non-hydrogen) atoms. The highest BCUT2D eigenvalue weighted by molar-refractivity contribution is 5.69. The number of hydrogen-bond acceptors (Lipinski definition) is 4. The highest BCUT2D eigenvalue weighted by Crippen LogP contribution is 2.13. The molecule has 0 aliphatic heterocycles. The zero-order valence-corrected chi connectivity index (χ0v) is 19.9. The van der Waals surface area contributed by atoms with Crippen LogP contribution in [0.15, 0.2) is 0 Å². The van der Waals surface area contributed by atoms with Crippen LogP contribution >= 0.6 is 0 Å². The summed E-state index contributed by atoms with van der Waals surface area (Å²) in [6.45, 7) is 9.90. The molecule has 1 unspecified atom stereocenters. The van der Waals surface area contributed by atoms with Gasteiger partial charge in [0.2, 0.25) is 0 Å². The molecule has 0 spiro atoms. The van der Waals surface area contributed by atoms with Gasteiger partial charge < -0.3 is 14.2 Å². The summed E-state index contributed by atoms with van der Waals surface area (Å²) in [5.74, 6) is 0.420. The highest BCUT2D eigenvalue weighted by Gasteiger charge is 2.09.